The van der Waals surface area contributed by atoms with E-state index >= 15 is 0 Å². The Labute approximate surface area is 129 Å². The minimum absolute atomic E-state index is 0.0326. The number of carbonyl (C=O) groups is 1. The van der Waals surface area contributed by atoms with Crippen LogP contribution in [0.4, 0.5) is 5.69 Å². The molecule has 0 radical (unpaired) electrons. The van der Waals surface area contributed by atoms with Gasteiger partial charge in [-0.25, -0.2) is 0 Å². The molecule has 2 atom stereocenters. The van der Waals surface area contributed by atoms with Crippen LogP contribution in [-0.2, 0) is 11.3 Å². The molecule has 22 heavy (non-hydrogen) atoms. The van der Waals surface area contributed by atoms with Gasteiger partial charge < -0.3 is 10.6 Å². The minimum Gasteiger partial charge on any atom is -0.340 e. The van der Waals surface area contributed by atoms with Gasteiger partial charge in [0, 0.05) is 19.0 Å². The summed E-state index contributed by atoms with van der Waals surface area (Å²) in [5.74, 6) is 0.423. The zero-order valence-electron chi connectivity index (χ0n) is 13.3. The fraction of sp³-hybridized carbons (Fsp3) is 0.714. The Kier molecular flexibility index (Phi) is 4.80. The maximum Gasteiger partial charge on any atom is 0.312 e. The molecule has 1 aromatic rings. The predicted octanol–water partition coefficient (Wildman–Crippen LogP) is 0.994. The van der Waals surface area contributed by atoms with E-state index in [1.807, 2.05) is 11.8 Å². The van der Waals surface area contributed by atoms with Crippen molar-refractivity contribution < 1.29 is 9.72 Å². The van der Waals surface area contributed by atoms with Crippen LogP contribution in [0.2, 0.25) is 0 Å². The first kappa shape index (κ1) is 16.4. The fourth-order valence-corrected chi connectivity index (χ4v) is 3.18. The number of likely N-dealkylation sites (tertiary alicyclic amines) is 1. The van der Waals surface area contributed by atoms with Crippen molar-refractivity contribution in [1.82, 2.24) is 14.7 Å². The van der Waals surface area contributed by atoms with Gasteiger partial charge in [0.25, 0.3) is 0 Å². The second-order valence-electron chi connectivity index (χ2n) is 5.98. The molecular formula is C14H23N5O3. The summed E-state index contributed by atoms with van der Waals surface area (Å²) in [6.07, 6.45) is 1.23. The van der Waals surface area contributed by atoms with Crippen LogP contribution in [-0.4, -0.2) is 44.6 Å². The Bertz CT molecular complexity index is 583. The van der Waals surface area contributed by atoms with Crippen LogP contribution in [0.25, 0.3) is 0 Å². The number of nitrogens with zero attached hydrogens (tertiary/aromatic N) is 4. The van der Waals surface area contributed by atoms with E-state index in [9.17, 15) is 14.9 Å². The molecule has 2 rings (SSSR count). The van der Waals surface area contributed by atoms with Crippen molar-refractivity contribution in [2.45, 2.75) is 46.2 Å². The van der Waals surface area contributed by atoms with E-state index in [4.69, 9.17) is 5.73 Å². The lowest BCUT2D eigenvalue weighted by Gasteiger charge is -2.21. The Morgan fingerprint density at radius 3 is 2.68 bits per heavy atom. The second-order valence-corrected chi connectivity index (χ2v) is 5.98. The number of aryl methyl sites for hydroxylation is 2. The van der Waals surface area contributed by atoms with Crippen molar-refractivity contribution in [3.05, 3.63) is 21.5 Å². The van der Waals surface area contributed by atoms with Gasteiger partial charge in [-0.15, -0.1) is 0 Å². The zero-order chi connectivity index (χ0) is 16.4. The molecule has 2 heterocycles. The van der Waals surface area contributed by atoms with Crippen LogP contribution in [0.15, 0.2) is 0 Å². The van der Waals surface area contributed by atoms with Crippen LogP contribution in [0.3, 0.4) is 0 Å². The third-order valence-corrected chi connectivity index (χ3v) is 4.38. The lowest BCUT2D eigenvalue weighted by atomic mass is 10.1. The summed E-state index contributed by atoms with van der Waals surface area (Å²) < 4.78 is 1.55. The molecule has 0 bridgehead atoms. The number of rotatable bonds is 5. The van der Waals surface area contributed by atoms with Gasteiger partial charge in [0.05, 0.1) is 11.5 Å². The third kappa shape index (κ3) is 3.11. The first-order chi connectivity index (χ1) is 10.3. The van der Waals surface area contributed by atoms with Crippen molar-refractivity contribution in [3.63, 3.8) is 0 Å². The van der Waals surface area contributed by atoms with Gasteiger partial charge >= 0.3 is 5.69 Å². The molecule has 0 saturated carbocycles. The number of aromatic nitrogens is 2. The summed E-state index contributed by atoms with van der Waals surface area (Å²) >= 11 is 0. The van der Waals surface area contributed by atoms with Crippen LogP contribution in [0, 0.1) is 29.9 Å². The van der Waals surface area contributed by atoms with E-state index in [1.165, 1.54) is 0 Å². The fourth-order valence-electron chi connectivity index (χ4n) is 3.18. The molecule has 1 aromatic heterocycles. The molecular weight excluding hydrogens is 286 g/mol. The quantitative estimate of drug-likeness (QED) is 0.644. The van der Waals surface area contributed by atoms with Crippen molar-refractivity contribution in [2.75, 3.05) is 13.1 Å². The molecule has 8 nitrogen and oxygen atoms in total. The van der Waals surface area contributed by atoms with E-state index in [-0.39, 0.29) is 17.6 Å². The smallest absolute Gasteiger partial charge is 0.312 e. The largest absolute Gasteiger partial charge is 0.340 e. The molecule has 8 heteroatoms. The first-order valence-electron chi connectivity index (χ1n) is 7.53. The molecule has 1 aliphatic rings. The highest BCUT2D eigenvalue weighted by Gasteiger charge is 2.31. The van der Waals surface area contributed by atoms with E-state index in [0.717, 1.165) is 6.42 Å². The zero-order valence-corrected chi connectivity index (χ0v) is 13.3. The molecule has 1 fully saturated rings. The monoisotopic (exact) mass is 309 g/mol. The number of hydrogen-bond acceptors (Lipinski definition) is 5. The molecule has 0 aromatic carbocycles. The van der Waals surface area contributed by atoms with Crippen LogP contribution < -0.4 is 5.73 Å². The van der Waals surface area contributed by atoms with Crippen molar-refractivity contribution in [1.29, 1.82) is 0 Å². The SMILES string of the molecule is Cc1nn(CCC(=O)N2CC(CN)CC2C)c(C)c1[N+](=O)[O-]. The Balaban J connectivity index is 2.00. The summed E-state index contributed by atoms with van der Waals surface area (Å²) in [4.78, 5) is 24.8. The van der Waals surface area contributed by atoms with E-state index in [2.05, 4.69) is 5.10 Å². The van der Waals surface area contributed by atoms with Gasteiger partial charge in [-0.3, -0.25) is 19.6 Å². The number of amides is 1. The van der Waals surface area contributed by atoms with Gasteiger partial charge in [-0.2, -0.15) is 5.10 Å². The number of hydrogen-bond donors (Lipinski definition) is 1. The minimum atomic E-state index is -0.426. The summed E-state index contributed by atoms with van der Waals surface area (Å²) in [5.41, 5.74) is 6.58. The van der Waals surface area contributed by atoms with Crippen LogP contribution >= 0.6 is 0 Å². The molecule has 2 N–H and O–H groups in total. The molecule has 1 aliphatic heterocycles. The first-order valence-corrected chi connectivity index (χ1v) is 7.53. The van der Waals surface area contributed by atoms with Gasteiger partial charge in [0.1, 0.15) is 11.4 Å². The second kappa shape index (κ2) is 6.43. The van der Waals surface area contributed by atoms with E-state index in [0.29, 0.717) is 43.4 Å². The average molecular weight is 309 g/mol. The van der Waals surface area contributed by atoms with E-state index < -0.39 is 4.92 Å². The van der Waals surface area contributed by atoms with Gasteiger partial charge in [0.2, 0.25) is 5.91 Å². The van der Waals surface area contributed by atoms with Crippen molar-refractivity contribution >= 4 is 11.6 Å². The highest BCUT2D eigenvalue weighted by Crippen LogP contribution is 2.24. The van der Waals surface area contributed by atoms with Gasteiger partial charge in [-0.1, -0.05) is 0 Å². The molecule has 1 amide bonds. The Morgan fingerprint density at radius 1 is 1.50 bits per heavy atom. The third-order valence-electron chi connectivity index (χ3n) is 4.38. The van der Waals surface area contributed by atoms with Gasteiger partial charge in [-0.05, 0) is 39.7 Å². The Morgan fingerprint density at radius 2 is 2.18 bits per heavy atom. The number of nitro groups is 1. The number of nitrogens with two attached hydrogens (primary N) is 1. The highest BCUT2D eigenvalue weighted by atomic mass is 16.6. The predicted molar refractivity (Wildman–Crippen MR) is 81.3 cm³/mol. The highest BCUT2D eigenvalue weighted by molar-refractivity contribution is 5.76. The normalized spacial score (nSPS) is 21.4. The van der Waals surface area contributed by atoms with Gasteiger partial charge in [0.15, 0.2) is 0 Å². The van der Waals surface area contributed by atoms with Crippen LogP contribution in [0.1, 0.15) is 31.2 Å². The van der Waals surface area contributed by atoms with Crippen molar-refractivity contribution in [2.24, 2.45) is 11.7 Å². The lowest BCUT2D eigenvalue weighted by Crippen LogP contribution is -2.35. The molecule has 122 valence electrons. The standard InChI is InChI=1S/C14H23N5O3/c1-9-6-12(7-15)8-17(9)13(20)4-5-18-11(3)14(19(21)22)10(2)16-18/h9,12H,4-8,15H2,1-3H3. The topological polar surface area (TPSA) is 107 Å². The Hall–Kier alpha value is -1.96. The molecule has 0 spiro atoms. The molecule has 1 saturated heterocycles. The molecule has 0 aliphatic carbocycles. The lowest BCUT2D eigenvalue weighted by molar-refractivity contribution is -0.386. The summed E-state index contributed by atoms with van der Waals surface area (Å²) in [5, 5.41) is 15.1. The summed E-state index contributed by atoms with van der Waals surface area (Å²) in [6, 6.07) is 0.204. The maximum absolute atomic E-state index is 12.3. The van der Waals surface area contributed by atoms with Crippen LogP contribution in [0.5, 0.6) is 0 Å². The van der Waals surface area contributed by atoms with Crippen molar-refractivity contribution in [3.8, 4) is 0 Å². The maximum atomic E-state index is 12.3. The number of carbonyl (C=O) groups excluding carboxylic acids is 1. The summed E-state index contributed by atoms with van der Waals surface area (Å²) in [6.45, 7) is 6.95. The average Bonchev–Trinajstić information content (AvgIpc) is 2.96. The summed E-state index contributed by atoms with van der Waals surface area (Å²) in [7, 11) is 0. The molecule has 2 unspecified atom stereocenters. The van der Waals surface area contributed by atoms with E-state index in [1.54, 1.807) is 18.5 Å².